The minimum Gasteiger partial charge on any atom is -0.379 e. The molecule has 2 heterocycles. The molecule has 2 saturated heterocycles. The van der Waals surface area contributed by atoms with Gasteiger partial charge in [-0.3, -0.25) is 9.69 Å². The van der Waals surface area contributed by atoms with Crippen molar-refractivity contribution in [1.82, 2.24) is 9.80 Å². The van der Waals surface area contributed by atoms with E-state index in [-0.39, 0.29) is 11.5 Å². The van der Waals surface area contributed by atoms with Crippen molar-refractivity contribution in [3.8, 4) is 11.1 Å². The predicted octanol–water partition coefficient (Wildman–Crippen LogP) is 3.68. The Kier molecular flexibility index (Phi) is 6.03. The number of carbonyl (C=O) groups excluding carboxylic acids is 1. The second-order valence-electron chi connectivity index (χ2n) is 7.71. The minimum absolute atomic E-state index is 0.174. The van der Waals surface area contributed by atoms with Gasteiger partial charge in [-0.25, -0.2) is 4.39 Å². The summed E-state index contributed by atoms with van der Waals surface area (Å²) in [6.07, 6.45) is 1.95. The third-order valence-electron chi connectivity index (χ3n) is 5.83. The first-order valence-corrected chi connectivity index (χ1v) is 10.1. The zero-order valence-corrected chi connectivity index (χ0v) is 16.1. The third kappa shape index (κ3) is 4.42. The van der Waals surface area contributed by atoms with Crippen molar-refractivity contribution < 1.29 is 13.9 Å². The van der Waals surface area contributed by atoms with Crippen molar-refractivity contribution in [1.29, 1.82) is 0 Å². The number of carbonyl (C=O) groups is 1. The van der Waals surface area contributed by atoms with Crippen LogP contribution in [0.2, 0.25) is 0 Å². The lowest BCUT2D eigenvalue weighted by molar-refractivity contribution is 0.0242. The van der Waals surface area contributed by atoms with Gasteiger partial charge in [0, 0.05) is 32.7 Å². The number of ether oxygens (including phenoxy) is 1. The Labute approximate surface area is 165 Å². The molecule has 0 unspecified atom stereocenters. The maximum absolute atomic E-state index is 14.4. The summed E-state index contributed by atoms with van der Waals surface area (Å²) in [5.74, 6) is -0.0390. The second-order valence-corrected chi connectivity index (χ2v) is 7.71. The van der Waals surface area contributed by atoms with Crippen molar-refractivity contribution >= 4 is 5.91 Å². The number of hydrogen-bond donors (Lipinski definition) is 0. The van der Waals surface area contributed by atoms with E-state index in [1.54, 1.807) is 12.1 Å². The van der Waals surface area contributed by atoms with Gasteiger partial charge >= 0.3 is 0 Å². The molecule has 0 aromatic heterocycles. The van der Waals surface area contributed by atoms with Crippen LogP contribution < -0.4 is 0 Å². The summed E-state index contributed by atoms with van der Waals surface area (Å²) in [7, 11) is 0. The normalized spacial score (nSPS) is 19.0. The highest BCUT2D eigenvalue weighted by Crippen LogP contribution is 2.25. The molecule has 0 bridgehead atoms. The van der Waals surface area contributed by atoms with Gasteiger partial charge in [0.05, 0.1) is 18.8 Å². The highest BCUT2D eigenvalue weighted by Gasteiger charge is 2.27. The SMILES string of the molecule is O=C(c1cc(-c2ccccc2)ccc1F)N1CCC(CN2CCOCC2)CC1. The lowest BCUT2D eigenvalue weighted by Crippen LogP contribution is -2.44. The van der Waals surface area contributed by atoms with Crippen LogP contribution in [0.15, 0.2) is 48.5 Å². The molecule has 28 heavy (non-hydrogen) atoms. The zero-order chi connectivity index (χ0) is 19.3. The smallest absolute Gasteiger partial charge is 0.256 e. The molecular formula is C23H27FN2O2. The Morgan fingerprint density at radius 1 is 0.964 bits per heavy atom. The fraction of sp³-hybridized carbons (Fsp3) is 0.435. The quantitative estimate of drug-likeness (QED) is 0.809. The number of amides is 1. The van der Waals surface area contributed by atoms with E-state index in [9.17, 15) is 9.18 Å². The molecule has 2 aromatic carbocycles. The summed E-state index contributed by atoms with van der Waals surface area (Å²) in [6.45, 7) is 6.09. The molecule has 0 N–H and O–H groups in total. The standard InChI is InChI=1S/C23H27FN2O2/c24-22-7-6-20(19-4-2-1-3-5-19)16-21(22)23(27)26-10-8-18(9-11-26)17-25-12-14-28-15-13-25/h1-7,16,18H,8-15,17H2. The van der Waals surface area contributed by atoms with E-state index in [0.717, 1.165) is 56.8 Å². The fourth-order valence-corrected chi connectivity index (χ4v) is 4.14. The van der Waals surface area contributed by atoms with Gasteiger partial charge in [-0.2, -0.15) is 0 Å². The Balaban J connectivity index is 1.40. The van der Waals surface area contributed by atoms with Crippen molar-refractivity contribution in [2.75, 3.05) is 45.9 Å². The molecule has 2 aliphatic heterocycles. The summed E-state index contributed by atoms with van der Waals surface area (Å²) in [5.41, 5.74) is 2.03. The Hall–Kier alpha value is -2.24. The summed E-state index contributed by atoms with van der Waals surface area (Å²) >= 11 is 0. The Morgan fingerprint density at radius 2 is 1.68 bits per heavy atom. The van der Waals surface area contributed by atoms with Crippen LogP contribution in [0.5, 0.6) is 0 Å². The molecule has 2 fully saturated rings. The molecule has 148 valence electrons. The lowest BCUT2D eigenvalue weighted by Gasteiger charge is -2.36. The summed E-state index contributed by atoms with van der Waals surface area (Å²) in [6, 6.07) is 14.6. The van der Waals surface area contributed by atoms with Crippen LogP contribution in [0.1, 0.15) is 23.2 Å². The third-order valence-corrected chi connectivity index (χ3v) is 5.83. The molecule has 4 rings (SSSR count). The zero-order valence-electron chi connectivity index (χ0n) is 16.1. The Morgan fingerprint density at radius 3 is 2.39 bits per heavy atom. The van der Waals surface area contributed by atoms with Gasteiger partial charge < -0.3 is 9.64 Å². The summed E-state index contributed by atoms with van der Waals surface area (Å²) in [4.78, 5) is 17.2. The number of likely N-dealkylation sites (tertiary alicyclic amines) is 1. The fourth-order valence-electron chi connectivity index (χ4n) is 4.14. The van der Waals surface area contributed by atoms with E-state index in [4.69, 9.17) is 4.74 Å². The molecule has 0 atom stereocenters. The van der Waals surface area contributed by atoms with Crippen LogP contribution in [0.3, 0.4) is 0 Å². The first-order chi connectivity index (χ1) is 13.7. The number of hydrogen-bond acceptors (Lipinski definition) is 3. The van der Waals surface area contributed by atoms with Crippen molar-refractivity contribution in [2.45, 2.75) is 12.8 Å². The van der Waals surface area contributed by atoms with Gasteiger partial charge in [-0.1, -0.05) is 36.4 Å². The summed E-state index contributed by atoms with van der Waals surface area (Å²) < 4.78 is 19.8. The van der Waals surface area contributed by atoms with Crippen LogP contribution in [0, 0.1) is 11.7 Å². The maximum atomic E-state index is 14.4. The molecule has 0 spiro atoms. The van der Waals surface area contributed by atoms with Gasteiger partial charge in [-0.15, -0.1) is 0 Å². The number of rotatable bonds is 4. The molecule has 2 aliphatic rings. The van der Waals surface area contributed by atoms with Crippen LogP contribution in [0.25, 0.3) is 11.1 Å². The average Bonchev–Trinajstić information content (AvgIpc) is 2.75. The lowest BCUT2D eigenvalue weighted by atomic mass is 9.95. The van der Waals surface area contributed by atoms with E-state index in [0.29, 0.717) is 19.0 Å². The first kappa shape index (κ1) is 19.1. The summed E-state index contributed by atoms with van der Waals surface area (Å²) in [5, 5.41) is 0. The molecule has 0 radical (unpaired) electrons. The van der Waals surface area contributed by atoms with Crippen LogP contribution in [-0.2, 0) is 4.74 Å². The Bertz CT molecular complexity index is 798. The number of piperidine rings is 1. The van der Waals surface area contributed by atoms with Gasteiger partial charge in [0.1, 0.15) is 5.82 Å². The van der Waals surface area contributed by atoms with Crippen LogP contribution in [-0.4, -0.2) is 61.6 Å². The average molecular weight is 382 g/mol. The maximum Gasteiger partial charge on any atom is 0.256 e. The molecular weight excluding hydrogens is 355 g/mol. The van der Waals surface area contributed by atoms with E-state index in [2.05, 4.69) is 4.90 Å². The number of halogens is 1. The van der Waals surface area contributed by atoms with Gasteiger partial charge in [-0.05, 0) is 42.0 Å². The van der Waals surface area contributed by atoms with E-state index in [1.165, 1.54) is 6.07 Å². The highest BCUT2D eigenvalue weighted by molar-refractivity contribution is 5.95. The first-order valence-electron chi connectivity index (χ1n) is 10.1. The monoisotopic (exact) mass is 382 g/mol. The molecule has 4 nitrogen and oxygen atoms in total. The van der Waals surface area contributed by atoms with E-state index in [1.807, 2.05) is 35.2 Å². The van der Waals surface area contributed by atoms with Crippen molar-refractivity contribution in [3.63, 3.8) is 0 Å². The van der Waals surface area contributed by atoms with Crippen molar-refractivity contribution in [3.05, 3.63) is 59.9 Å². The van der Waals surface area contributed by atoms with Gasteiger partial charge in [0.25, 0.3) is 5.91 Å². The minimum atomic E-state index is -0.444. The number of nitrogens with zero attached hydrogens (tertiary/aromatic N) is 2. The highest BCUT2D eigenvalue weighted by atomic mass is 19.1. The molecule has 2 aromatic rings. The van der Waals surface area contributed by atoms with Gasteiger partial charge in [0.15, 0.2) is 0 Å². The largest absolute Gasteiger partial charge is 0.379 e. The molecule has 1 amide bonds. The van der Waals surface area contributed by atoms with E-state index < -0.39 is 5.82 Å². The second kappa shape index (κ2) is 8.84. The number of morpholine rings is 1. The molecule has 0 aliphatic carbocycles. The number of benzene rings is 2. The van der Waals surface area contributed by atoms with Crippen LogP contribution in [0.4, 0.5) is 4.39 Å². The predicted molar refractivity (Wildman–Crippen MR) is 108 cm³/mol. The molecule has 0 saturated carbocycles. The van der Waals surface area contributed by atoms with E-state index >= 15 is 0 Å². The van der Waals surface area contributed by atoms with Crippen molar-refractivity contribution in [2.24, 2.45) is 5.92 Å². The molecule has 5 heteroatoms. The topological polar surface area (TPSA) is 32.8 Å². The van der Waals surface area contributed by atoms with Crippen LogP contribution >= 0.6 is 0 Å². The van der Waals surface area contributed by atoms with Gasteiger partial charge in [0.2, 0.25) is 0 Å².